The lowest BCUT2D eigenvalue weighted by Gasteiger charge is -2.49. The van der Waals surface area contributed by atoms with Crippen molar-refractivity contribution in [2.75, 3.05) is 19.6 Å². The molecule has 5 rings (SSSR count). The first-order chi connectivity index (χ1) is 15.9. The Balaban J connectivity index is 1.57. The van der Waals surface area contributed by atoms with Gasteiger partial charge < -0.3 is 14.4 Å². The monoisotopic (exact) mass is 443 g/mol. The Hall–Kier alpha value is -3.08. The summed E-state index contributed by atoms with van der Waals surface area (Å²) in [6.07, 6.45) is 4.37. The lowest BCUT2D eigenvalue weighted by molar-refractivity contribution is -0.143. The van der Waals surface area contributed by atoms with Crippen LogP contribution in [0.25, 0.3) is 10.9 Å². The second kappa shape index (κ2) is 8.36. The zero-order valence-corrected chi connectivity index (χ0v) is 19.8. The summed E-state index contributed by atoms with van der Waals surface area (Å²) in [5, 5.41) is 0.987. The van der Waals surface area contributed by atoms with Crippen LogP contribution in [0.1, 0.15) is 54.9 Å². The van der Waals surface area contributed by atoms with Crippen molar-refractivity contribution in [3.63, 3.8) is 0 Å². The normalized spacial score (nSPS) is 23.3. The van der Waals surface area contributed by atoms with Gasteiger partial charge in [0.25, 0.3) is 5.91 Å². The predicted octanol–water partition coefficient (Wildman–Crippen LogP) is 4.83. The van der Waals surface area contributed by atoms with Crippen LogP contribution in [0, 0.1) is 5.92 Å². The van der Waals surface area contributed by atoms with E-state index < -0.39 is 0 Å². The van der Waals surface area contributed by atoms with Gasteiger partial charge >= 0.3 is 0 Å². The molecule has 2 aliphatic rings. The minimum atomic E-state index is -0.346. The van der Waals surface area contributed by atoms with Crippen molar-refractivity contribution >= 4 is 22.7 Å². The van der Waals surface area contributed by atoms with E-state index in [4.69, 9.17) is 0 Å². The van der Waals surface area contributed by atoms with E-state index >= 15 is 0 Å². The van der Waals surface area contributed by atoms with Crippen LogP contribution in [0.15, 0.2) is 60.8 Å². The van der Waals surface area contributed by atoms with Gasteiger partial charge in [-0.05, 0) is 30.4 Å². The molecule has 2 atom stereocenters. The fourth-order valence-electron chi connectivity index (χ4n) is 6.07. The second-order valence-corrected chi connectivity index (χ2v) is 10.2. The third-order valence-corrected chi connectivity index (χ3v) is 7.52. The van der Waals surface area contributed by atoms with Gasteiger partial charge in [-0.2, -0.15) is 0 Å². The Morgan fingerprint density at radius 1 is 1.09 bits per heavy atom. The van der Waals surface area contributed by atoms with Gasteiger partial charge in [0.1, 0.15) is 0 Å². The van der Waals surface area contributed by atoms with Crippen LogP contribution in [0.4, 0.5) is 0 Å². The molecular weight excluding hydrogens is 410 g/mol. The summed E-state index contributed by atoms with van der Waals surface area (Å²) in [6.45, 7) is 6.29. The number of hydrogen-bond acceptors (Lipinski definition) is 2. The minimum Gasteiger partial charge on any atom is -0.350 e. The zero-order chi connectivity index (χ0) is 23.2. The topological polar surface area (TPSA) is 45.6 Å². The molecule has 2 amide bonds. The Morgan fingerprint density at radius 3 is 2.58 bits per heavy atom. The molecule has 2 saturated heterocycles. The van der Waals surface area contributed by atoms with Crippen LogP contribution in [-0.4, -0.2) is 51.4 Å². The number of para-hydroxylation sites is 1. The molecule has 3 aromatic rings. The lowest BCUT2D eigenvalue weighted by Crippen LogP contribution is -2.59. The van der Waals surface area contributed by atoms with Gasteiger partial charge in [0, 0.05) is 56.1 Å². The number of aromatic nitrogens is 1. The number of benzene rings is 2. The van der Waals surface area contributed by atoms with Crippen molar-refractivity contribution < 1.29 is 9.59 Å². The first-order valence-electron chi connectivity index (χ1n) is 12.1. The maximum Gasteiger partial charge on any atom is 0.256 e. The van der Waals surface area contributed by atoms with Crippen LogP contribution in [0.5, 0.6) is 0 Å². The summed E-state index contributed by atoms with van der Waals surface area (Å²) in [7, 11) is 1.99. The Labute approximate surface area is 196 Å². The summed E-state index contributed by atoms with van der Waals surface area (Å²) >= 11 is 0. The van der Waals surface area contributed by atoms with Crippen molar-refractivity contribution in [1.82, 2.24) is 14.4 Å². The number of likely N-dealkylation sites (tertiary alicyclic amines) is 2. The van der Waals surface area contributed by atoms with Gasteiger partial charge in [-0.25, -0.2) is 0 Å². The largest absolute Gasteiger partial charge is 0.350 e. The molecule has 2 aromatic carbocycles. The molecule has 0 bridgehead atoms. The molecule has 0 aliphatic carbocycles. The number of rotatable bonds is 4. The number of piperidine rings is 1. The van der Waals surface area contributed by atoms with Crippen LogP contribution in [0.3, 0.4) is 0 Å². The number of nitrogens with zero attached hydrogens (tertiary/aromatic N) is 3. The van der Waals surface area contributed by atoms with Crippen LogP contribution in [0.2, 0.25) is 0 Å². The number of aryl methyl sites for hydroxylation is 1. The summed E-state index contributed by atoms with van der Waals surface area (Å²) in [5.74, 6) is 0.784. The maximum absolute atomic E-state index is 13.9. The average molecular weight is 444 g/mol. The molecule has 0 radical (unpaired) electrons. The third-order valence-electron chi connectivity index (χ3n) is 7.52. The molecule has 0 saturated carbocycles. The fraction of sp³-hybridized carbons (Fsp3) is 0.429. The summed E-state index contributed by atoms with van der Waals surface area (Å²) in [4.78, 5) is 31.2. The molecule has 3 heterocycles. The Kier molecular flexibility index (Phi) is 5.51. The van der Waals surface area contributed by atoms with Gasteiger partial charge in [0.2, 0.25) is 5.91 Å². The number of fused-ring (bicyclic) bond motifs is 1. The van der Waals surface area contributed by atoms with E-state index in [0.29, 0.717) is 25.4 Å². The quantitative estimate of drug-likeness (QED) is 0.580. The van der Waals surface area contributed by atoms with Crippen LogP contribution >= 0.6 is 0 Å². The van der Waals surface area contributed by atoms with Gasteiger partial charge in [-0.3, -0.25) is 9.59 Å². The van der Waals surface area contributed by atoms with E-state index in [1.165, 1.54) is 5.56 Å². The van der Waals surface area contributed by atoms with E-state index in [2.05, 4.69) is 49.1 Å². The van der Waals surface area contributed by atoms with Crippen LogP contribution < -0.4 is 0 Å². The third kappa shape index (κ3) is 3.64. The molecule has 0 unspecified atom stereocenters. The lowest BCUT2D eigenvalue weighted by atomic mass is 9.74. The molecule has 2 fully saturated rings. The number of hydrogen-bond donors (Lipinski definition) is 0. The van der Waals surface area contributed by atoms with Crippen molar-refractivity contribution in [3.05, 3.63) is 71.9 Å². The summed E-state index contributed by atoms with van der Waals surface area (Å²) in [6, 6.07) is 18.5. The summed E-state index contributed by atoms with van der Waals surface area (Å²) in [5.41, 5.74) is 2.67. The Morgan fingerprint density at radius 2 is 1.82 bits per heavy atom. The van der Waals surface area contributed by atoms with Crippen molar-refractivity contribution in [2.45, 2.75) is 44.6 Å². The zero-order valence-electron chi connectivity index (χ0n) is 19.8. The smallest absolute Gasteiger partial charge is 0.256 e. The highest BCUT2D eigenvalue weighted by molar-refractivity contribution is 6.07. The van der Waals surface area contributed by atoms with Gasteiger partial charge in [-0.15, -0.1) is 0 Å². The highest BCUT2D eigenvalue weighted by atomic mass is 16.2. The van der Waals surface area contributed by atoms with Gasteiger partial charge in [0.15, 0.2) is 0 Å². The Bertz CT molecular complexity index is 1180. The molecule has 0 N–H and O–H groups in total. The maximum atomic E-state index is 13.9. The fourth-order valence-corrected chi connectivity index (χ4v) is 6.07. The summed E-state index contributed by atoms with van der Waals surface area (Å²) < 4.78 is 2.03. The van der Waals surface area contributed by atoms with Gasteiger partial charge in [-0.1, -0.05) is 62.4 Å². The minimum absolute atomic E-state index is 0.0622. The number of amides is 2. The predicted molar refractivity (Wildman–Crippen MR) is 131 cm³/mol. The highest BCUT2D eigenvalue weighted by Crippen LogP contribution is 2.47. The highest BCUT2D eigenvalue weighted by Gasteiger charge is 2.55. The molecule has 172 valence electrons. The molecule has 2 aliphatic heterocycles. The second-order valence-electron chi connectivity index (χ2n) is 10.2. The average Bonchev–Trinajstić information content (AvgIpc) is 3.36. The van der Waals surface area contributed by atoms with Gasteiger partial charge in [0.05, 0.1) is 11.1 Å². The SMILES string of the molecule is CC(C)CN1C(=O)CCC[C@]12CN(C(=O)c1cn(C)c3ccccc13)C[C@H]2c1ccccc1. The van der Waals surface area contributed by atoms with Crippen LogP contribution in [-0.2, 0) is 11.8 Å². The van der Waals surface area contributed by atoms with E-state index in [-0.39, 0.29) is 23.3 Å². The van der Waals surface area contributed by atoms with Crippen molar-refractivity contribution in [1.29, 1.82) is 0 Å². The number of carbonyl (C=O) groups is 2. The molecule has 1 spiro atoms. The van der Waals surface area contributed by atoms with Crippen molar-refractivity contribution in [3.8, 4) is 0 Å². The molecule has 33 heavy (non-hydrogen) atoms. The first-order valence-corrected chi connectivity index (χ1v) is 12.1. The molecule has 5 heteroatoms. The van der Waals surface area contributed by atoms with E-state index in [1.54, 1.807) is 0 Å². The molecule has 5 nitrogen and oxygen atoms in total. The van der Waals surface area contributed by atoms with E-state index in [9.17, 15) is 9.59 Å². The molecule has 1 aromatic heterocycles. The molecular formula is C28H33N3O2. The van der Waals surface area contributed by atoms with Crippen molar-refractivity contribution in [2.24, 2.45) is 13.0 Å². The van der Waals surface area contributed by atoms with E-state index in [1.807, 2.05) is 47.0 Å². The first kappa shape index (κ1) is 21.7. The standard InChI is InChI=1S/C28H33N3O2/c1-20(2)16-31-26(32)14-9-15-28(31)19-30(18-24(28)21-10-5-4-6-11-21)27(33)23-17-29(3)25-13-8-7-12-22(23)25/h4-8,10-13,17,20,24H,9,14-16,18-19H2,1-3H3/t24-,28+/m0/s1. The van der Waals surface area contributed by atoms with E-state index in [0.717, 1.165) is 35.9 Å². The number of carbonyl (C=O) groups excluding carboxylic acids is 2.